The summed E-state index contributed by atoms with van der Waals surface area (Å²) in [5.74, 6) is -0.141. The zero-order chi connectivity index (χ0) is 14.2. The molecule has 4 N–H and O–H groups in total. The van der Waals surface area contributed by atoms with Crippen LogP contribution in [0, 0.1) is 0 Å². The van der Waals surface area contributed by atoms with Gasteiger partial charge in [-0.25, -0.2) is 4.79 Å². The van der Waals surface area contributed by atoms with E-state index in [0.29, 0.717) is 0 Å². The Bertz CT molecular complexity index is 566. The van der Waals surface area contributed by atoms with Gasteiger partial charge in [-0.1, -0.05) is 0 Å². The van der Waals surface area contributed by atoms with Gasteiger partial charge in [0.2, 0.25) is 5.75 Å². The Hall–Kier alpha value is -1.68. The van der Waals surface area contributed by atoms with Gasteiger partial charge in [0.25, 0.3) is 5.56 Å². The molecule has 0 amide bonds. The fraction of sp³-hybridized carbons (Fsp3) is 0.600. The lowest BCUT2D eigenvalue weighted by Gasteiger charge is -2.17. The lowest BCUT2D eigenvalue weighted by atomic mass is 10.1. The summed E-state index contributed by atoms with van der Waals surface area (Å²) in [4.78, 5) is 25.0. The summed E-state index contributed by atoms with van der Waals surface area (Å²) >= 11 is 0. The van der Waals surface area contributed by atoms with Crippen molar-refractivity contribution in [1.29, 1.82) is 0 Å². The van der Waals surface area contributed by atoms with Gasteiger partial charge in [-0.3, -0.25) is 14.3 Å². The van der Waals surface area contributed by atoms with E-state index >= 15 is 0 Å². The molecule has 9 nitrogen and oxygen atoms in total. The van der Waals surface area contributed by atoms with Gasteiger partial charge in [0, 0.05) is 0 Å². The van der Waals surface area contributed by atoms with Gasteiger partial charge < -0.3 is 24.8 Å². The Morgan fingerprint density at radius 1 is 1.42 bits per heavy atom. The Morgan fingerprint density at radius 2 is 2.11 bits per heavy atom. The quantitative estimate of drug-likeness (QED) is 0.466. The molecule has 1 saturated heterocycles. The van der Waals surface area contributed by atoms with Gasteiger partial charge in [0.05, 0.1) is 19.9 Å². The minimum atomic E-state index is -1.41. The third-order valence-corrected chi connectivity index (χ3v) is 2.95. The fourth-order valence-corrected chi connectivity index (χ4v) is 1.91. The molecule has 1 fully saturated rings. The molecule has 2 heterocycles. The van der Waals surface area contributed by atoms with Crippen LogP contribution in [-0.2, 0) is 4.74 Å². The first-order valence-electron chi connectivity index (χ1n) is 5.51. The number of aliphatic hydroxyl groups is 3. The molecule has 0 aromatic carbocycles. The molecule has 0 bridgehead atoms. The molecule has 0 radical (unpaired) electrons. The molecule has 2 rings (SSSR count). The number of methoxy groups -OCH3 is 1. The lowest BCUT2D eigenvalue weighted by molar-refractivity contribution is -0.0552. The van der Waals surface area contributed by atoms with Gasteiger partial charge in [0.15, 0.2) is 6.23 Å². The van der Waals surface area contributed by atoms with Crippen molar-refractivity contribution in [3.63, 3.8) is 0 Å². The van der Waals surface area contributed by atoms with Crippen LogP contribution >= 0.6 is 0 Å². The van der Waals surface area contributed by atoms with Crippen molar-refractivity contribution in [2.75, 3.05) is 13.7 Å². The second-order valence-corrected chi connectivity index (χ2v) is 4.09. The topological polar surface area (TPSA) is 134 Å². The maximum absolute atomic E-state index is 11.7. The van der Waals surface area contributed by atoms with Crippen molar-refractivity contribution >= 4 is 0 Å². The largest absolute Gasteiger partial charge is 0.490 e. The molecule has 4 atom stereocenters. The van der Waals surface area contributed by atoms with Crippen molar-refractivity contribution in [2.24, 2.45) is 0 Å². The Balaban J connectivity index is 2.43. The van der Waals surface area contributed by atoms with Crippen LogP contribution in [0.1, 0.15) is 6.23 Å². The number of hydrogen-bond donors (Lipinski definition) is 4. The predicted octanol–water partition coefficient (Wildman–Crippen LogP) is -2.84. The molecule has 0 aliphatic carbocycles. The number of ether oxygens (including phenoxy) is 2. The number of nitrogens with one attached hydrogen (secondary N) is 1. The van der Waals surface area contributed by atoms with Crippen LogP contribution < -0.4 is 16.0 Å². The fourth-order valence-electron chi connectivity index (χ4n) is 1.91. The van der Waals surface area contributed by atoms with E-state index in [4.69, 9.17) is 14.6 Å². The normalized spacial score (nSPS) is 30.5. The van der Waals surface area contributed by atoms with Crippen LogP contribution in [0.3, 0.4) is 0 Å². The van der Waals surface area contributed by atoms with Crippen LogP contribution in [0.5, 0.6) is 5.75 Å². The van der Waals surface area contributed by atoms with Gasteiger partial charge in [-0.2, -0.15) is 0 Å². The first-order valence-corrected chi connectivity index (χ1v) is 5.51. The van der Waals surface area contributed by atoms with E-state index < -0.39 is 42.4 Å². The summed E-state index contributed by atoms with van der Waals surface area (Å²) in [5, 5.41) is 28.4. The number of aromatic amines is 1. The average Bonchev–Trinajstić information content (AvgIpc) is 2.67. The van der Waals surface area contributed by atoms with Gasteiger partial charge >= 0.3 is 5.69 Å². The molecular formula is C10H14N2O7. The Kier molecular flexibility index (Phi) is 3.71. The molecule has 1 aliphatic heterocycles. The highest BCUT2D eigenvalue weighted by molar-refractivity contribution is 5.12. The first kappa shape index (κ1) is 13.7. The zero-order valence-electron chi connectivity index (χ0n) is 10.0. The van der Waals surface area contributed by atoms with Gasteiger partial charge in [-0.15, -0.1) is 0 Å². The molecule has 1 aromatic rings. The number of aliphatic hydroxyl groups excluding tert-OH is 3. The summed E-state index contributed by atoms with van der Waals surface area (Å²) in [6.07, 6.45) is -3.90. The second kappa shape index (κ2) is 5.13. The van der Waals surface area contributed by atoms with Crippen molar-refractivity contribution < 1.29 is 24.8 Å². The summed E-state index contributed by atoms with van der Waals surface area (Å²) in [6.45, 7) is -0.510. The smallest absolute Gasteiger partial charge is 0.330 e. The van der Waals surface area contributed by atoms with E-state index in [0.717, 1.165) is 10.8 Å². The Labute approximate surface area is 106 Å². The summed E-state index contributed by atoms with van der Waals surface area (Å²) < 4.78 is 10.8. The van der Waals surface area contributed by atoms with E-state index in [2.05, 4.69) is 0 Å². The van der Waals surface area contributed by atoms with E-state index in [1.165, 1.54) is 7.11 Å². The highest BCUT2D eigenvalue weighted by Gasteiger charge is 2.43. The van der Waals surface area contributed by atoms with Gasteiger partial charge in [0.1, 0.15) is 18.3 Å². The summed E-state index contributed by atoms with van der Waals surface area (Å²) in [7, 11) is 1.25. The van der Waals surface area contributed by atoms with E-state index in [-0.39, 0.29) is 5.75 Å². The van der Waals surface area contributed by atoms with E-state index in [9.17, 15) is 19.8 Å². The second-order valence-electron chi connectivity index (χ2n) is 4.09. The minimum Gasteiger partial charge on any atom is -0.490 e. The molecule has 106 valence electrons. The van der Waals surface area contributed by atoms with Crippen LogP contribution in [0.4, 0.5) is 0 Å². The molecule has 1 unspecified atom stereocenters. The van der Waals surface area contributed by atoms with Crippen molar-refractivity contribution in [3.8, 4) is 5.75 Å². The average molecular weight is 274 g/mol. The number of rotatable bonds is 3. The highest BCUT2D eigenvalue weighted by atomic mass is 16.6. The minimum absolute atomic E-state index is 0.141. The molecule has 9 heteroatoms. The van der Waals surface area contributed by atoms with Crippen molar-refractivity contribution in [1.82, 2.24) is 9.55 Å². The summed E-state index contributed by atoms with van der Waals surface area (Å²) in [5.41, 5.74) is -1.53. The van der Waals surface area contributed by atoms with E-state index in [1.54, 1.807) is 0 Å². The third kappa shape index (κ3) is 2.28. The number of nitrogens with zero attached hydrogens (tertiary/aromatic N) is 1. The molecular weight excluding hydrogens is 260 g/mol. The predicted molar refractivity (Wildman–Crippen MR) is 60.9 cm³/mol. The molecule has 0 spiro atoms. The van der Waals surface area contributed by atoms with E-state index in [1.807, 2.05) is 4.98 Å². The van der Waals surface area contributed by atoms with Crippen LogP contribution in [0.15, 0.2) is 15.8 Å². The van der Waals surface area contributed by atoms with Crippen LogP contribution in [0.2, 0.25) is 0 Å². The maximum atomic E-state index is 11.7. The summed E-state index contributed by atoms with van der Waals surface area (Å²) in [6, 6.07) is 0. The first-order chi connectivity index (χ1) is 8.99. The third-order valence-electron chi connectivity index (χ3n) is 2.95. The molecule has 0 saturated carbocycles. The SMILES string of the molecule is COc1cn([C@@H]2O[C@H](CO)C(O)[C@@H]2O)c(=O)[nH]c1=O. The molecule has 1 aliphatic rings. The van der Waals surface area contributed by atoms with Crippen LogP contribution in [-0.4, -0.2) is 56.9 Å². The Morgan fingerprint density at radius 3 is 2.63 bits per heavy atom. The van der Waals surface area contributed by atoms with Crippen LogP contribution in [0.25, 0.3) is 0 Å². The zero-order valence-corrected chi connectivity index (χ0v) is 10.0. The molecule has 1 aromatic heterocycles. The van der Waals surface area contributed by atoms with Gasteiger partial charge in [-0.05, 0) is 0 Å². The monoisotopic (exact) mass is 274 g/mol. The number of hydrogen-bond acceptors (Lipinski definition) is 7. The van der Waals surface area contributed by atoms with Crippen molar-refractivity contribution in [2.45, 2.75) is 24.5 Å². The highest BCUT2D eigenvalue weighted by Crippen LogP contribution is 2.28. The standard InChI is InChI=1S/C10H14N2O7/c1-18-4-2-12(10(17)11-8(4)16)9-7(15)6(14)5(3-13)19-9/h2,5-7,9,13-15H,3H2,1H3,(H,11,16,17)/t5-,6?,7+,9-/m1/s1. The molecule has 19 heavy (non-hydrogen) atoms. The van der Waals surface area contributed by atoms with Crippen molar-refractivity contribution in [3.05, 3.63) is 27.0 Å². The number of aromatic nitrogens is 2. The number of H-pyrrole nitrogens is 1. The lowest BCUT2D eigenvalue weighted by Crippen LogP contribution is -2.38. The maximum Gasteiger partial charge on any atom is 0.330 e.